The smallest absolute Gasteiger partial charge is 0.268 e. The van der Waals surface area contributed by atoms with E-state index in [0.717, 1.165) is 62.0 Å². The minimum atomic E-state index is -4.04. The standard InChI is InChI=1S/C22H24FN3O4S/c23-16-11-10-15(14-26-21(27)18-9-6-12-24-20(18)22(26)28)19(13-16)31(29,30)25-17-7-4-2-1-3-5-8-17/h6,9-13,17,25H,1-5,7-8,14H2. The van der Waals surface area contributed by atoms with Crippen molar-refractivity contribution in [3.05, 3.63) is 59.2 Å². The van der Waals surface area contributed by atoms with Gasteiger partial charge in [0, 0.05) is 12.2 Å². The Morgan fingerprint density at radius 2 is 1.74 bits per heavy atom. The first-order chi connectivity index (χ1) is 14.9. The summed E-state index contributed by atoms with van der Waals surface area (Å²) in [6.07, 6.45) is 8.04. The van der Waals surface area contributed by atoms with Crippen LogP contribution >= 0.6 is 0 Å². The molecule has 0 radical (unpaired) electrons. The monoisotopic (exact) mass is 445 g/mol. The van der Waals surface area contributed by atoms with E-state index in [2.05, 4.69) is 9.71 Å². The predicted molar refractivity (Wildman–Crippen MR) is 111 cm³/mol. The number of hydrogen-bond donors (Lipinski definition) is 1. The number of sulfonamides is 1. The number of carbonyl (C=O) groups excluding carboxylic acids is 2. The lowest BCUT2D eigenvalue weighted by Gasteiger charge is -2.22. The number of aromatic nitrogens is 1. The maximum Gasteiger partial charge on any atom is 0.280 e. The SMILES string of the molecule is O=C1c2cccnc2C(=O)N1Cc1ccc(F)cc1S(=O)(=O)NC1CCCCCCC1. The first kappa shape index (κ1) is 21.6. The van der Waals surface area contributed by atoms with E-state index in [-0.39, 0.29) is 34.3 Å². The molecule has 9 heteroatoms. The van der Waals surface area contributed by atoms with Crippen LogP contribution in [0.2, 0.25) is 0 Å². The molecule has 0 saturated heterocycles. The van der Waals surface area contributed by atoms with E-state index in [4.69, 9.17) is 0 Å². The van der Waals surface area contributed by atoms with Crippen LogP contribution in [0.1, 0.15) is 71.4 Å². The van der Waals surface area contributed by atoms with Crippen molar-refractivity contribution in [3.8, 4) is 0 Å². The maximum absolute atomic E-state index is 14.0. The number of carbonyl (C=O) groups is 2. The zero-order chi connectivity index (χ0) is 22.0. The third-order valence-corrected chi connectivity index (χ3v) is 7.41. The van der Waals surface area contributed by atoms with Gasteiger partial charge in [-0.2, -0.15) is 0 Å². The molecule has 2 amide bonds. The summed E-state index contributed by atoms with van der Waals surface area (Å²) < 4.78 is 43.0. The van der Waals surface area contributed by atoms with Gasteiger partial charge in [0.25, 0.3) is 11.8 Å². The molecule has 164 valence electrons. The van der Waals surface area contributed by atoms with Crippen molar-refractivity contribution in [2.45, 2.75) is 62.4 Å². The zero-order valence-corrected chi connectivity index (χ0v) is 17.8. The summed E-state index contributed by atoms with van der Waals surface area (Å²) in [5.74, 6) is -1.85. The zero-order valence-electron chi connectivity index (χ0n) is 17.0. The number of rotatable bonds is 5. The molecule has 31 heavy (non-hydrogen) atoms. The molecular formula is C22H24FN3O4S. The average Bonchev–Trinajstić information content (AvgIpc) is 2.96. The molecule has 2 heterocycles. The number of imide groups is 1. The molecule has 4 rings (SSSR count). The van der Waals surface area contributed by atoms with Crippen molar-refractivity contribution in [2.75, 3.05) is 0 Å². The van der Waals surface area contributed by atoms with Gasteiger partial charge in [-0.3, -0.25) is 19.5 Å². The van der Waals surface area contributed by atoms with Gasteiger partial charge in [0.2, 0.25) is 10.0 Å². The van der Waals surface area contributed by atoms with Gasteiger partial charge >= 0.3 is 0 Å². The molecule has 1 aromatic heterocycles. The summed E-state index contributed by atoms with van der Waals surface area (Å²) in [5.41, 5.74) is 0.382. The molecule has 1 saturated carbocycles. The number of nitrogens with one attached hydrogen (secondary N) is 1. The van der Waals surface area contributed by atoms with Crippen LogP contribution in [-0.4, -0.2) is 36.2 Å². The van der Waals surface area contributed by atoms with E-state index >= 15 is 0 Å². The third-order valence-electron chi connectivity index (χ3n) is 5.81. The van der Waals surface area contributed by atoms with E-state index in [1.807, 2.05) is 0 Å². The molecule has 1 N–H and O–H groups in total. The Morgan fingerprint density at radius 1 is 1.03 bits per heavy atom. The minimum Gasteiger partial charge on any atom is -0.268 e. The molecule has 1 aliphatic carbocycles. The number of pyridine rings is 1. The highest BCUT2D eigenvalue weighted by atomic mass is 32.2. The van der Waals surface area contributed by atoms with Crippen LogP contribution in [0.5, 0.6) is 0 Å². The Hall–Kier alpha value is -2.65. The predicted octanol–water partition coefficient (Wildman–Crippen LogP) is 3.41. The highest BCUT2D eigenvalue weighted by molar-refractivity contribution is 7.89. The molecule has 2 aliphatic rings. The molecule has 0 spiro atoms. The summed E-state index contributed by atoms with van der Waals surface area (Å²) in [4.78, 5) is 29.9. The van der Waals surface area contributed by atoms with E-state index in [1.165, 1.54) is 18.3 Å². The number of hydrogen-bond acceptors (Lipinski definition) is 5. The first-order valence-electron chi connectivity index (χ1n) is 10.5. The van der Waals surface area contributed by atoms with Gasteiger partial charge in [0.15, 0.2) is 0 Å². The van der Waals surface area contributed by atoms with Crippen molar-refractivity contribution >= 4 is 21.8 Å². The van der Waals surface area contributed by atoms with Crippen molar-refractivity contribution < 1.29 is 22.4 Å². The summed E-state index contributed by atoms with van der Waals surface area (Å²) in [7, 11) is -4.04. The number of fused-ring (bicyclic) bond motifs is 1. The fraction of sp³-hybridized carbons (Fsp3) is 0.409. The number of nitrogens with zero attached hydrogens (tertiary/aromatic N) is 2. The van der Waals surface area contributed by atoms with Gasteiger partial charge in [-0.25, -0.2) is 17.5 Å². The van der Waals surface area contributed by atoms with Gasteiger partial charge in [-0.05, 0) is 42.7 Å². The van der Waals surface area contributed by atoms with Crippen molar-refractivity contribution in [2.24, 2.45) is 0 Å². The highest BCUT2D eigenvalue weighted by Gasteiger charge is 2.37. The largest absolute Gasteiger partial charge is 0.280 e. The van der Waals surface area contributed by atoms with Crippen LogP contribution in [0.25, 0.3) is 0 Å². The van der Waals surface area contributed by atoms with Crippen LogP contribution in [0, 0.1) is 5.82 Å². The van der Waals surface area contributed by atoms with Crippen LogP contribution in [0.4, 0.5) is 4.39 Å². The molecule has 7 nitrogen and oxygen atoms in total. The van der Waals surface area contributed by atoms with Crippen LogP contribution in [0.15, 0.2) is 41.4 Å². The number of halogens is 1. The normalized spacial score (nSPS) is 18.0. The molecular weight excluding hydrogens is 421 g/mol. The summed E-state index contributed by atoms with van der Waals surface area (Å²) in [6, 6.07) is 6.21. The van der Waals surface area contributed by atoms with E-state index in [1.54, 1.807) is 6.07 Å². The molecule has 1 aromatic carbocycles. The molecule has 1 aliphatic heterocycles. The Kier molecular flexibility index (Phi) is 6.15. The van der Waals surface area contributed by atoms with Crippen LogP contribution in [-0.2, 0) is 16.6 Å². The summed E-state index contributed by atoms with van der Waals surface area (Å²) in [6.45, 7) is -0.283. The van der Waals surface area contributed by atoms with Crippen molar-refractivity contribution in [3.63, 3.8) is 0 Å². The quantitative estimate of drug-likeness (QED) is 0.712. The van der Waals surface area contributed by atoms with E-state index in [9.17, 15) is 22.4 Å². The maximum atomic E-state index is 14.0. The minimum absolute atomic E-state index is 0.0339. The topological polar surface area (TPSA) is 96.4 Å². The fourth-order valence-electron chi connectivity index (χ4n) is 4.19. The van der Waals surface area contributed by atoms with Crippen LogP contribution < -0.4 is 4.72 Å². The van der Waals surface area contributed by atoms with Crippen molar-refractivity contribution in [1.82, 2.24) is 14.6 Å². The van der Waals surface area contributed by atoms with Gasteiger partial charge < -0.3 is 0 Å². The number of benzene rings is 1. The molecule has 0 atom stereocenters. The second-order valence-electron chi connectivity index (χ2n) is 8.01. The molecule has 2 aromatic rings. The Bertz CT molecular complexity index is 1080. The van der Waals surface area contributed by atoms with Gasteiger partial charge in [-0.15, -0.1) is 0 Å². The average molecular weight is 446 g/mol. The molecule has 1 fully saturated rings. The third kappa shape index (κ3) is 4.52. The van der Waals surface area contributed by atoms with Gasteiger partial charge in [-0.1, -0.05) is 38.2 Å². The second-order valence-corrected chi connectivity index (χ2v) is 9.69. The molecule has 0 unspecified atom stereocenters. The Balaban J connectivity index is 1.61. The van der Waals surface area contributed by atoms with Gasteiger partial charge in [0.1, 0.15) is 11.5 Å². The first-order valence-corrected chi connectivity index (χ1v) is 12.0. The summed E-state index contributed by atoms with van der Waals surface area (Å²) in [5, 5.41) is 0. The Labute approximate surface area is 180 Å². The lowest BCUT2D eigenvalue weighted by Crippen LogP contribution is -2.36. The number of amides is 2. The lowest BCUT2D eigenvalue weighted by molar-refractivity contribution is 0.0639. The van der Waals surface area contributed by atoms with Crippen LogP contribution in [0.3, 0.4) is 0 Å². The lowest BCUT2D eigenvalue weighted by atomic mass is 9.97. The van der Waals surface area contributed by atoms with E-state index in [0.29, 0.717) is 0 Å². The van der Waals surface area contributed by atoms with E-state index < -0.39 is 27.7 Å². The van der Waals surface area contributed by atoms with Gasteiger partial charge in [0.05, 0.1) is 17.0 Å². The summed E-state index contributed by atoms with van der Waals surface area (Å²) >= 11 is 0. The fourth-order valence-corrected chi connectivity index (χ4v) is 5.74. The van der Waals surface area contributed by atoms with Crippen molar-refractivity contribution in [1.29, 1.82) is 0 Å². The Morgan fingerprint density at radius 3 is 2.45 bits per heavy atom. The highest BCUT2D eigenvalue weighted by Crippen LogP contribution is 2.27. The second kappa shape index (κ2) is 8.84. The molecule has 0 bridgehead atoms.